The fraction of sp³-hybridized carbons (Fsp3) is 0.370. The maximum absolute atomic E-state index is 14.3. The van der Waals surface area contributed by atoms with Crippen molar-refractivity contribution in [1.29, 1.82) is 0 Å². The van der Waals surface area contributed by atoms with Crippen LogP contribution in [0, 0.1) is 5.82 Å². The molecule has 0 aromatic heterocycles. The number of anilines is 2. The van der Waals surface area contributed by atoms with Gasteiger partial charge >= 0.3 is 24.2 Å². The molecular weight excluding hydrogens is 558 g/mol. The number of rotatable bonds is 4. The number of halogens is 5. The van der Waals surface area contributed by atoms with E-state index in [9.17, 15) is 31.9 Å². The van der Waals surface area contributed by atoms with Crippen molar-refractivity contribution >= 4 is 41.0 Å². The number of allylic oxidation sites excluding steroid dienone is 1. The highest BCUT2D eigenvalue weighted by molar-refractivity contribution is 6.32. The molecule has 2 fully saturated rings. The number of urea groups is 1. The lowest BCUT2D eigenvalue weighted by Gasteiger charge is -2.18. The van der Waals surface area contributed by atoms with E-state index in [1.807, 2.05) is 0 Å². The zero-order chi connectivity index (χ0) is 29.8. The second-order valence-electron chi connectivity index (χ2n) is 9.50. The van der Waals surface area contributed by atoms with Crippen LogP contribution in [0.5, 0.6) is 5.75 Å². The molecular formula is C27H28ClF4N3O5. The van der Waals surface area contributed by atoms with Crippen LogP contribution in [0.2, 0.25) is 5.02 Å². The van der Waals surface area contributed by atoms with E-state index < -0.39 is 35.6 Å². The minimum absolute atomic E-state index is 0.00962. The molecule has 2 aromatic carbocycles. The van der Waals surface area contributed by atoms with E-state index in [4.69, 9.17) is 21.1 Å². The van der Waals surface area contributed by atoms with Crippen molar-refractivity contribution in [2.75, 3.05) is 24.3 Å². The molecule has 8 nitrogen and oxygen atoms in total. The number of carbonyl (C=O) groups is 3. The van der Waals surface area contributed by atoms with Crippen LogP contribution in [0.15, 0.2) is 47.7 Å². The number of alkyl halides is 3. The average molecular weight is 586 g/mol. The first kappa shape index (κ1) is 30.7. The molecule has 0 radical (unpaired) electrons. The summed E-state index contributed by atoms with van der Waals surface area (Å²) in [5, 5.41) is 2.44. The Kier molecular flexibility index (Phi) is 9.67. The summed E-state index contributed by atoms with van der Waals surface area (Å²) in [6, 6.07) is 6.34. The highest BCUT2D eigenvalue weighted by Gasteiger charge is 2.40. The molecule has 4 rings (SSSR count). The van der Waals surface area contributed by atoms with Gasteiger partial charge in [-0.25, -0.2) is 18.9 Å². The number of benzene rings is 2. The summed E-state index contributed by atoms with van der Waals surface area (Å²) in [7, 11) is 3.01. The number of nitrogens with one attached hydrogen (secondary N) is 1. The average Bonchev–Trinajstić information content (AvgIpc) is 3.48. The van der Waals surface area contributed by atoms with Crippen molar-refractivity contribution in [2.45, 2.75) is 51.8 Å². The quantitative estimate of drug-likeness (QED) is 0.299. The summed E-state index contributed by atoms with van der Waals surface area (Å²) in [6.07, 6.45) is -1.40. The third-order valence-corrected chi connectivity index (χ3v) is 6.20. The first-order valence-corrected chi connectivity index (χ1v) is 12.6. The van der Waals surface area contributed by atoms with Gasteiger partial charge < -0.3 is 19.7 Å². The molecule has 1 aliphatic carbocycles. The number of nitrogens with zero attached hydrogens (tertiary/aromatic N) is 2. The molecule has 1 N–H and O–H groups in total. The zero-order valence-electron chi connectivity index (χ0n) is 22.2. The van der Waals surface area contributed by atoms with Gasteiger partial charge in [-0.15, -0.1) is 0 Å². The van der Waals surface area contributed by atoms with Gasteiger partial charge in [-0.3, -0.25) is 4.79 Å². The summed E-state index contributed by atoms with van der Waals surface area (Å²) < 4.78 is 62.1. The minimum atomic E-state index is -4.40. The maximum atomic E-state index is 14.3. The van der Waals surface area contributed by atoms with Gasteiger partial charge in [-0.05, 0) is 69.4 Å². The maximum Gasteiger partial charge on any atom is 0.427 e. The van der Waals surface area contributed by atoms with Crippen molar-refractivity contribution in [1.82, 2.24) is 4.90 Å². The summed E-state index contributed by atoms with van der Waals surface area (Å²) in [6.45, 7) is 3.27. The third-order valence-electron chi connectivity index (χ3n) is 5.91. The fourth-order valence-electron chi connectivity index (χ4n) is 3.86. The van der Waals surface area contributed by atoms with Crippen LogP contribution >= 0.6 is 11.6 Å². The largest absolute Gasteiger partial charge is 0.489 e. The molecule has 13 heteroatoms. The monoisotopic (exact) mass is 585 g/mol. The molecule has 1 heterocycles. The molecule has 1 saturated carbocycles. The lowest BCUT2D eigenvalue weighted by atomic mass is 10.2. The fourth-order valence-corrected chi connectivity index (χ4v) is 4.05. The smallest absolute Gasteiger partial charge is 0.427 e. The third kappa shape index (κ3) is 7.44. The number of amides is 4. The van der Waals surface area contributed by atoms with E-state index in [-0.39, 0.29) is 34.0 Å². The molecule has 4 amide bonds. The van der Waals surface area contributed by atoms with Gasteiger partial charge in [0.2, 0.25) is 0 Å². The van der Waals surface area contributed by atoms with Gasteiger partial charge in [0.25, 0.3) is 0 Å². The molecule has 1 saturated heterocycles. The van der Waals surface area contributed by atoms with Crippen molar-refractivity contribution in [3.63, 3.8) is 0 Å². The Morgan fingerprint density at radius 2 is 1.77 bits per heavy atom. The van der Waals surface area contributed by atoms with Crippen molar-refractivity contribution in [3.05, 3.63) is 64.1 Å². The molecule has 0 bridgehead atoms. The van der Waals surface area contributed by atoms with Gasteiger partial charge in [0, 0.05) is 25.8 Å². The normalized spacial score (nSPS) is 15.4. The lowest BCUT2D eigenvalue weighted by Crippen LogP contribution is -2.29. The second-order valence-corrected chi connectivity index (χ2v) is 9.91. The summed E-state index contributed by atoms with van der Waals surface area (Å²) in [4.78, 5) is 37.4. The topological polar surface area (TPSA) is 88.2 Å². The Hall–Kier alpha value is -3.80. The molecule has 0 unspecified atom stereocenters. The molecule has 0 atom stereocenters. The Morgan fingerprint density at radius 3 is 2.33 bits per heavy atom. The highest BCUT2D eigenvalue weighted by atomic mass is 35.5. The number of hydrogen-bond acceptors (Lipinski definition) is 5. The number of imide groups is 1. The van der Waals surface area contributed by atoms with E-state index in [1.165, 1.54) is 37.2 Å². The molecule has 40 heavy (non-hydrogen) atoms. The standard InChI is InChI=1S/C17H17ClFNO4.C10H11F3N2O/c1-9(2)15-16(21)20(17(22)24-15)13-8-14(11(18)7-12(13)19)23-10-5-3-4-6-10;1-15(2)9(16)14-8-5-3-4-7(6-8)10(11,12)13/h7-8,10H,3-6H2,1-2H3;3-6H,1-2H3,(H,14,16). The SMILES string of the molecule is CC(C)=C1OC(=O)N(c2cc(OC3CCCC3)c(Cl)cc2F)C1=O.CN(C)C(=O)Nc1cccc(C(F)(F)F)c1. The zero-order valence-corrected chi connectivity index (χ0v) is 23.0. The number of cyclic esters (lactones) is 1. The van der Waals surface area contributed by atoms with Crippen molar-refractivity contribution in [2.24, 2.45) is 0 Å². The van der Waals surface area contributed by atoms with E-state index in [0.717, 1.165) is 43.9 Å². The summed E-state index contributed by atoms with van der Waals surface area (Å²) in [5.41, 5.74) is -0.358. The van der Waals surface area contributed by atoms with Crippen LogP contribution in [0.1, 0.15) is 45.1 Å². The van der Waals surface area contributed by atoms with Crippen LogP contribution in [-0.2, 0) is 15.7 Å². The molecule has 0 spiro atoms. The van der Waals surface area contributed by atoms with Crippen molar-refractivity contribution in [3.8, 4) is 5.75 Å². The van der Waals surface area contributed by atoms with E-state index in [1.54, 1.807) is 13.8 Å². The Morgan fingerprint density at radius 1 is 1.12 bits per heavy atom. The van der Waals surface area contributed by atoms with E-state index in [2.05, 4.69) is 5.32 Å². The van der Waals surface area contributed by atoms with Crippen LogP contribution in [-0.4, -0.2) is 43.1 Å². The van der Waals surface area contributed by atoms with Crippen LogP contribution in [0.25, 0.3) is 0 Å². The van der Waals surface area contributed by atoms with Gasteiger partial charge in [0.05, 0.1) is 22.4 Å². The lowest BCUT2D eigenvalue weighted by molar-refractivity contribution is -0.137. The predicted molar refractivity (Wildman–Crippen MR) is 141 cm³/mol. The predicted octanol–water partition coefficient (Wildman–Crippen LogP) is 7.38. The Balaban J connectivity index is 0.000000241. The van der Waals surface area contributed by atoms with Crippen LogP contribution in [0.4, 0.5) is 38.5 Å². The number of ether oxygens (including phenoxy) is 2. The van der Waals surface area contributed by atoms with Gasteiger partial charge in [-0.2, -0.15) is 13.2 Å². The van der Waals surface area contributed by atoms with Crippen molar-refractivity contribution < 1.29 is 41.4 Å². The van der Waals surface area contributed by atoms with Gasteiger partial charge in [0.15, 0.2) is 5.76 Å². The van der Waals surface area contributed by atoms with Crippen LogP contribution < -0.4 is 15.0 Å². The first-order valence-electron chi connectivity index (χ1n) is 12.2. The second kappa shape index (κ2) is 12.6. The number of carbonyl (C=O) groups excluding carboxylic acids is 3. The number of hydrogen-bond donors (Lipinski definition) is 1. The molecule has 216 valence electrons. The van der Waals surface area contributed by atoms with Crippen LogP contribution in [0.3, 0.4) is 0 Å². The minimum Gasteiger partial charge on any atom is -0.489 e. The summed E-state index contributed by atoms with van der Waals surface area (Å²) in [5.74, 6) is -1.33. The molecule has 1 aliphatic heterocycles. The highest BCUT2D eigenvalue weighted by Crippen LogP contribution is 2.37. The van der Waals surface area contributed by atoms with Gasteiger partial charge in [-0.1, -0.05) is 17.7 Å². The van der Waals surface area contributed by atoms with E-state index in [0.29, 0.717) is 10.5 Å². The van der Waals surface area contributed by atoms with Gasteiger partial charge in [0.1, 0.15) is 11.6 Å². The molecule has 2 aromatic rings. The van der Waals surface area contributed by atoms with E-state index >= 15 is 0 Å². The Labute approximate surface area is 233 Å². The molecule has 2 aliphatic rings. The first-order chi connectivity index (χ1) is 18.7. The Bertz CT molecular complexity index is 1320. The summed E-state index contributed by atoms with van der Waals surface area (Å²) >= 11 is 6.04.